The number of halogens is 3. The molecule has 2 aromatic carbocycles. The van der Waals surface area contributed by atoms with E-state index in [1.165, 1.54) is 36.4 Å². The number of nitrogens with one attached hydrogen (secondary N) is 2. The van der Waals surface area contributed by atoms with Crippen LogP contribution in [0.4, 0.5) is 29.3 Å². The van der Waals surface area contributed by atoms with E-state index in [0.717, 1.165) is 6.07 Å². The topological polar surface area (TPSA) is 61.4 Å². The van der Waals surface area contributed by atoms with E-state index in [-0.39, 0.29) is 11.4 Å². The number of anilines is 2. The Balaban J connectivity index is 2.16. The Labute approximate surface area is 124 Å². The Morgan fingerprint density at radius 2 is 1.68 bits per heavy atom. The van der Waals surface area contributed by atoms with Crippen molar-refractivity contribution >= 4 is 17.4 Å². The second-order valence-electron chi connectivity index (χ2n) is 4.62. The number of alkyl halides is 3. The molecule has 116 valence electrons. The number of urea groups is 1. The van der Waals surface area contributed by atoms with Gasteiger partial charge in [-0.1, -0.05) is 12.1 Å². The number of carbonyl (C=O) groups is 1. The second kappa shape index (κ2) is 5.97. The minimum Gasteiger partial charge on any atom is -0.508 e. The van der Waals surface area contributed by atoms with Crippen molar-refractivity contribution in [1.82, 2.24) is 0 Å². The molecule has 4 nitrogen and oxygen atoms in total. The predicted molar refractivity (Wildman–Crippen MR) is 76.9 cm³/mol. The quantitative estimate of drug-likeness (QED) is 0.722. The smallest absolute Gasteiger partial charge is 0.418 e. The molecule has 2 rings (SSSR count). The lowest BCUT2D eigenvalue weighted by molar-refractivity contribution is -0.136. The van der Waals surface area contributed by atoms with Crippen LogP contribution in [-0.2, 0) is 6.18 Å². The van der Waals surface area contributed by atoms with E-state index < -0.39 is 17.8 Å². The summed E-state index contributed by atoms with van der Waals surface area (Å²) in [6, 6.07) is 8.16. The van der Waals surface area contributed by atoms with Crippen LogP contribution >= 0.6 is 0 Å². The largest absolute Gasteiger partial charge is 0.508 e. The van der Waals surface area contributed by atoms with Gasteiger partial charge in [-0.15, -0.1) is 0 Å². The number of aryl methyl sites for hydroxylation is 1. The number of aromatic hydroxyl groups is 1. The molecule has 7 heteroatoms. The minimum absolute atomic E-state index is 0.0332. The first kappa shape index (κ1) is 15.7. The van der Waals surface area contributed by atoms with Crippen molar-refractivity contribution in [1.29, 1.82) is 0 Å². The minimum atomic E-state index is -4.56. The molecule has 2 aromatic rings. The van der Waals surface area contributed by atoms with Crippen LogP contribution in [0.5, 0.6) is 5.75 Å². The number of rotatable bonds is 2. The summed E-state index contributed by atoms with van der Waals surface area (Å²) in [5.74, 6) is 0.0332. The van der Waals surface area contributed by atoms with Gasteiger partial charge in [-0.25, -0.2) is 4.79 Å². The van der Waals surface area contributed by atoms with E-state index in [9.17, 15) is 23.1 Å². The van der Waals surface area contributed by atoms with E-state index in [2.05, 4.69) is 10.6 Å². The first-order valence-corrected chi connectivity index (χ1v) is 6.31. The molecule has 3 N–H and O–H groups in total. The maximum atomic E-state index is 12.8. The molecule has 0 atom stereocenters. The third-order valence-corrected chi connectivity index (χ3v) is 2.94. The standard InChI is InChI=1S/C15H13F3N2O2/c1-9-8-10(21)6-7-12(9)19-14(22)20-13-5-3-2-4-11(13)15(16,17)18/h2-8,21H,1H3,(H2,19,20,22). The first-order valence-electron chi connectivity index (χ1n) is 6.31. The van der Waals surface area contributed by atoms with Crippen molar-refractivity contribution in [3.63, 3.8) is 0 Å². The highest BCUT2D eigenvalue weighted by atomic mass is 19.4. The van der Waals surface area contributed by atoms with Gasteiger partial charge in [0, 0.05) is 5.69 Å². The molecule has 0 aromatic heterocycles. The fraction of sp³-hybridized carbons (Fsp3) is 0.133. The van der Waals surface area contributed by atoms with E-state index in [1.54, 1.807) is 6.92 Å². The van der Waals surface area contributed by atoms with Crippen molar-refractivity contribution in [3.8, 4) is 5.75 Å². The molecule has 2 amide bonds. The number of hydrogen-bond donors (Lipinski definition) is 3. The van der Waals surface area contributed by atoms with E-state index in [0.29, 0.717) is 11.3 Å². The van der Waals surface area contributed by atoms with Gasteiger partial charge in [0.25, 0.3) is 0 Å². The van der Waals surface area contributed by atoms with Crippen LogP contribution in [-0.4, -0.2) is 11.1 Å². The van der Waals surface area contributed by atoms with E-state index >= 15 is 0 Å². The van der Waals surface area contributed by atoms with E-state index in [4.69, 9.17) is 0 Å². The van der Waals surface area contributed by atoms with Crippen LogP contribution in [0.1, 0.15) is 11.1 Å². The average Bonchev–Trinajstić information content (AvgIpc) is 2.41. The fourth-order valence-corrected chi connectivity index (χ4v) is 1.90. The number of benzene rings is 2. The van der Waals surface area contributed by atoms with Crippen molar-refractivity contribution in [2.24, 2.45) is 0 Å². The number of para-hydroxylation sites is 1. The molecule has 0 radical (unpaired) electrons. The highest BCUT2D eigenvalue weighted by Crippen LogP contribution is 2.34. The maximum Gasteiger partial charge on any atom is 0.418 e. The zero-order valence-electron chi connectivity index (χ0n) is 11.5. The van der Waals surface area contributed by atoms with Gasteiger partial charge in [0.2, 0.25) is 0 Å². The van der Waals surface area contributed by atoms with Gasteiger partial charge in [0.05, 0.1) is 11.3 Å². The summed E-state index contributed by atoms with van der Waals surface area (Å²) in [5, 5.41) is 13.9. The second-order valence-corrected chi connectivity index (χ2v) is 4.62. The van der Waals surface area contributed by atoms with Gasteiger partial charge in [-0.05, 0) is 42.8 Å². The highest BCUT2D eigenvalue weighted by Gasteiger charge is 2.33. The molecule has 0 bridgehead atoms. The lowest BCUT2D eigenvalue weighted by Crippen LogP contribution is -2.22. The van der Waals surface area contributed by atoms with Gasteiger partial charge in [-0.3, -0.25) is 0 Å². The normalized spacial score (nSPS) is 11.1. The Morgan fingerprint density at radius 1 is 1.05 bits per heavy atom. The molecule has 0 spiro atoms. The molecule has 0 aliphatic rings. The summed E-state index contributed by atoms with van der Waals surface area (Å²) in [7, 11) is 0. The Morgan fingerprint density at radius 3 is 2.32 bits per heavy atom. The Hall–Kier alpha value is -2.70. The van der Waals surface area contributed by atoms with Gasteiger partial charge in [-0.2, -0.15) is 13.2 Å². The van der Waals surface area contributed by atoms with Crippen molar-refractivity contribution < 1.29 is 23.1 Å². The Kier molecular flexibility index (Phi) is 4.25. The summed E-state index contributed by atoms with van der Waals surface area (Å²) in [6.45, 7) is 1.65. The number of phenols is 1. The van der Waals surface area contributed by atoms with Crippen LogP contribution in [0, 0.1) is 6.92 Å². The van der Waals surface area contributed by atoms with Gasteiger partial charge in [0.1, 0.15) is 5.75 Å². The van der Waals surface area contributed by atoms with Crippen molar-refractivity contribution in [2.45, 2.75) is 13.1 Å². The molecule has 0 fully saturated rings. The van der Waals surface area contributed by atoms with Crippen molar-refractivity contribution in [2.75, 3.05) is 10.6 Å². The number of hydrogen-bond acceptors (Lipinski definition) is 2. The molecule has 0 saturated heterocycles. The zero-order valence-corrected chi connectivity index (χ0v) is 11.5. The molecular formula is C15H13F3N2O2. The van der Waals surface area contributed by atoms with Gasteiger partial charge >= 0.3 is 12.2 Å². The number of carbonyl (C=O) groups excluding carboxylic acids is 1. The third-order valence-electron chi connectivity index (χ3n) is 2.94. The fourth-order valence-electron chi connectivity index (χ4n) is 1.90. The van der Waals surface area contributed by atoms with Crippen LogP contribution in [0.3, 0.4) is 0 Å². The third kappa shape index (κ3) is 3.69. The lowest BCUT2D eigenvalue weighted by atomic mass is 10.1. The van der Waals surface area contributed by atoms with Crippen molar-refractivity contribution in [3.05, 3.63) is 53.6 Å². The van der Waals surface area contributed by atoms with E-state index in [1.807, 2.05) is 0 Å². The molecule has 0 saturated carbocycles. The zero-order chi connectivity index (χ0) is 16.3. The van der Waals surface area contributed by atoms with Gasteiger partial charge in [0.15, 0.2) is 0 Å². The molecule has 0 heterocycles. The summed E-state index contributed by atoms with van der Waals surface area (Å²) in [5.41, 5.74) is -0.282. The van der Waals surface area contributed by atoms with Crippen LogP contribution < -0.4 is 10.6 Å². The summed E-state index contributed by atoms with van der Waals surface area (Å²) >= 11 is 0. The lowest BCUT2D eigenvalue weighted by Gasteiger charge is -2.14. The summed E-state index contributed by atoms with van der Waals surface area (Å²) < 4.78 is 38.5. The predicted octanol–water partition coefficient (Wildman–Crippen LogP) is 4.36. The van der Waals surface area contributed by atoms with Crippen LogP contribution in [0.25, 0.3) is 0 Å². The SMILES string of the molecule is Cc1cc(O)ccc1NC(=O)Nc1ccccc1C(F)(F)F. The maximum absolute atomic E-state index is 12.8. The average molecular weight is 310 g/mol. The monoisotopic (exact) mass is 310 g/mol. The summed E-state index contributed by atoms with van der Waals surface area (Å²) in [4.78, 5) is 11.8. The first-order chi connectivity index (χ1) is 10.3. The highest BCUT2D eigenvalue weighted by molar-refractivity contribution is 6.00. The Bertz CT molecular complexity index is 699. The van der Waals surface area contributed by atoms with Crippen LogP contribution in [0.15, 0.2) is 42.5 Å². The molecule has 0 aliphatic heterocycles. The molecule has 0 aliphatic carbocycles. The molecule has 0 unspecified atom stereocenters. The molecule has 22 heavy (non-hydrogen) atoms. The number of amides is 2. The van der Waals surface area contributed by atoms with Crippen LogP contribution in [0.2, 0.25) is 0 Å². The molecular weight excluding hydrogens is 297 g/mol. The van der Waals surface area contributed by atoms with Gasteiger partial charge < -0.3 is 15.7 Å². The summed E-state index contributed by atoms with van der Waals surface area (Å²) in [6.07, 6.45) is -4.56. The number of phenolic OH excluding ortho intramolecular Hbond substituents is 1.